The van der Waals surface area contributed by atoms with Gasteiger partial charge in [-0.25, -0.2) is 0 Å². The van der Waals surface area contributed by atoms with Crippen molar-refractivity contribution < 1.29 is 4.90 Å². The van der Waals surface area contributed by atoms with Crippen LogP contribution >= 0.6 is 12.2 Å². The Morgan fingerprint density at radius 2 is 1.54 bits per heavy atom. The molecule has 2 N–H and O–H groups in total. The summed E-state index contributed by atoms with van der Waals surface area (Å²) in [6.07, 6.45) is 0. The molecule has 0 bridgehead atoms. The van der Waals surface area contributed by atoms with Gasteiger partial charge < -0.3 is 15.1 Å². The zero-order chi connectivity index (χ0) is 18.4. The lowest BCUT2D eigenvalue weighted by molar-refractivity contribution is -0.929. The van der Waals surface area contributed by atoms with Crippen molar-refractivity contribution in [2.75, 3.05) is 32.7 Å². The molecule has 0 aromatic heterocycles. The van der Waals surface area contributed by atoms with E-state index in [2.05, 4.69) is 77.5 Å². The predicted molar refractivity (Wildman–Crippen MR) is 112 cm³/mol. The quantitative estimate of drug-likeness (QED) is 0.626. The fraction of sp³-hybridized carbons (Fsp3) is 0.318. The lowest BCUT2D eigenvalue weighted by atomic mass is 9.96. The molecule has 1 aliphatic rings. The van der Waals surface area contributed by atoms with Crippen LogP contribution < -0.4 is 10.2 Å². The highest BCUT2D eigenvalue weighted by molar-refractivity contribution is 7.80. The average Bonchev–Trinajstić information content (AvgIpc) is 2.68. The van der Waals surface area contributed by atoms with Crippen molar-refractivity contribution in [3.63, 3.8) is 0 Å². The van der Waals surface area contributed by atoms with E-state index in [1.807, 2.05) is 6.92 Å². The molecule has 3 rings (SSSR count). The summed E-state index contributed by atoms with van der Waals surface area (Å²) in [5.74, 6) is 0. The molecule has 0 spiro atoms. The highest BCUT2D eigenvalue weighted by atomic mass is 32.1. The molecule has 1 heterocycles. The van der Waals surface area contributed by atoms with Crippen molar-refractivity contribution in [3.8, 4) is 0 Å². The maximum atomic E-state index is 5.55. The Morgan fingerprint density at radius 3 is 2.00 bits per heavy atom. The normalized spacial score (nSPS) is 15.1. The van der Waals surface area contributed by atoms with Crippen LogP contribution in [0.4, 0.5) is 0 Å². The maximum absolute atomic E-state index is 5.55. The molecule has 0 amide bonds. The van der Waals surface area contributed by atoms with Gasteiger partial charge in [-0.3, -0.25) is 0 Å². The fourth-order valence-electron chi connectivity index (χ4n) is 3.58. The SMILES string of the molecule is C=C(C)CNC(=S)N1CC[NH+](C(c2ccccc2)c2ccccc2)CC1. The summed E-state index contributed by atoms with van der Waals surface area (Å²) in [6.45, 7) is 10.8. The van der Waals surface area contributed by atoms with Gasteiger partial charge in [-0.15, -0.1) is 0 Å². The summed E-state index contributed by atoms with van der Waals surface area (Å²) in [4.78, 5) is 3.89. The van der Waals surface area contributed by atoms with Crippen LogP contribution in [0.5, 0.6) is 0 Å². The second kappa shape index (κ2) is 8.97. The molecule has 0 radical (unpaired) electrons. The van der Waals surface area contributed by atoms with E-state index < -0.39 is 0 Å². The first kappa shape index (κ1) is 18.6. The van der Waals surface area contributed by atoms with Crippen LogP contribution in [0.25, 0.3) is 0 Å². The van der Waals surface area contributed by atoms with E-state index in [9.17, 15) is 0 Å². The zero-order valence-corrected chi connectivity index (χ0v) is 16.3. The van der Waals surface area contributed by atoms with Crippen LogP contribution in [0, 0.1) is 0 Å². The first-order valence-electron chi connectivity index (χ1n) is 9.27. The number of thiocarbonyl (C=S) groups is 1. The van der Waals surface area contributed by atoms with E-state index in [-0.39, 0.29) is 0 Å². The van der Waals surface area contributed by atoms with E-state index in [0.29, 0.717) is 6.04 Å². The van der Waals surface area contributed by atoms with Crippen molar-refractivity contribution in [1.82, 2.24) is 10.2 Å². The molecule has 26 heavy (non-hydrogen) atoms. The molecule has 2 aromatic rings. The van der Waals surface area contributed by atoms with E-state index in [1.165, 1.54) is 11.1 Å². The standard InChI is InChI=1S/C22H27N3S/c1-18(2)17-23-22(26)25-15-13-24(14-16-25)21(19-9-5-3-6-10-19)20-11-7-4-8-12-20/h3-12,21H,1,13-17H2,2H3,(H,23,26)/p+1. The molecule has 0 unspecified atom stereocenters. The van der Waals surface area contributed by atoms with E-state index in [1.54, 1.807) is 4.90 Å². The van der Waals surface area contributed by atoms with Gasteiger partial charge in [-0.1, -0.05) is 72.8 Å². The summed E-state index contributed by atoms with van der Waals surface area (Å²) < 4.78 is 0. The first-order chi connectivity index (χ1) is 12.6. The third-order valence-corrected chi connectivity index (χ3v) is 5.31. The molecule has 0 saturated carbocycles. The molecule has 3 nitrogen and oxygen atoms in total. The molecular weight excluding hydrogens is 338 g/mol. The number of nitrogens with one attached hydrogen (secondary N) is 2. The molecule has 1 fully saturated rings. The Balaban J connectivity index is 1.70. The van der Waals surface area contributed by atoms with Crippen molar-refractivity contribution in [1.29, 1.82) is 0 Å². The molecule has 1 saturated heterocycles. The van der Waals surface area contributed by atoms with E-state index in [4.69, 9.17) is 12.2 Å². The molecular formula is C22H28N3S+. The van der Waals surface area contributed by atoms with Crippen molar-refractivity contribution in [3.05, 3.63) is 83.9 Å². The minimum absolute atomic E-state index is 0.372. The number of piperazine rings is 1. The number of rotatable bonds is 5. The molecule has 4 heteroatoms. The van der Waals surface area contributed by atoms with Gasteiger partial charge in [0.2, 0.25) is 0 Å². The zero-order valence-electron chi connectivity index (χ0n) is 15.4. The fourth-order valence-corrected chi connectivity index (χ4v) is 3.83. The summed E-state index contributed by atoms with van der Waals surface area (Å²) in [6, 6.07) is 22.1. The van der Waals surface area contributed by atoms with Gasteiger partial charge in [0.05, 0.1) is 26.2 Å². The summed E-state index contributed by atoms with van der Waals surface area (Å²) in [5.41, 5.74) is 3.86. The minimum atomic E-state index is 0.372. The Morgan fingerprint density at radius 1 is 1.04 bits per heavy atom. The lowest BCUT2D eigenvalue weighted by Gasteiger charge is -2.38. The van der Waals surface area contributed by atoms with Crippen LogP contribution in [0.1, 0.15) is 24.1 Å². The maximum Gasteiger partial charge on any atom is 0.169 e. The van der Waals surface area contributed by atoms with Crippen LogP contribution in [0.3, 0.4) is 0 Å². The van der Waals surface area contributed by atoms with Crippen LogP contribution in [-0.4, -0.2) is 42.7 Å². The number of quaternary nitrogens is 1. The average molecular weight is 367 g/mol. The molecule has 2 aromatic carbocycles. The van der Waals surface area contributed by atoms with Gasteiger partial charge in [-0.2, -0.15) is 0 Å². The summed E-state index contributed by atoms with van der Waals surface area (Å²) in [5, 5.41) is 4.16. The van der Waals surface area contributed by atoms with Crippen LogP contribution in [0.15, 0.2) is 72.8 Å². The highest BCUT2D eigenvalue weighted by Gasteiger charge is 2.30. The Labute approximate surface area is 162 Å². The minimum Gasteiger partial charge on any atom is -0.359 e. The molecule has 136 valence electrons. The Kier molecular flexibility index (Phi) is 6.42. The first-order valence-corrected chi connectivity index (χ1v) is 9.67. The second-order valence-corrected chi connectivity index (χ2v) is 7.40. The summed E-state index contributed by atoms with van der Waals surface area (Å²) in [7, 11) is 0. The number of hydrogen-bond acceptors (Lipinski definition) is 1. The van der Waals surface area contributed by atoms with Gasteiger partial charge in [0, 0.05) is 17.7 Å². The van der Waals surface area contributed by atoms with Gasteiger partial charge in [0.25, 0.3) is 0 Å². The van der Waals surface area contributed by atoms with Crippen molar-refractivity contribution >= 4 is 17.3 Å². The van der Waals surface area contributed by atoms with Gasteiger partial charge in [-0.05, 0) is 19.1 Å². The second-order valence-electron chi connectivity index (χ2n) is 7.02. The topological polar surface area (TPSA) is 19.7 Å². The third kappa shape index (κ3) is 4.71. The van der Waals surface area contributed by atoms with Gasteiger partial charge in [0.1, 0.15) is 6.04 Å². The molecule has 0 atom stereocenters. The number of nitrogens with zero attached hydrogens (tertiary/aromatic N) is 1. The number of benzene rings is 2. The largest absolute Gasteiger partial charge is 0.359 e. The molecule has 1 aliphatic heterocycles. The Bertz CT molecular complexity index is 682. The predicted octanol–water partition coefficient (Wildman–Crippen LogP) is 2.43. The smallest absolute Gasteiger partial charge is 0.169 e. The summed E-state index contributed by atoms with van der Waals surface area (Å²) >= 11 is 5.55. The van der Waals surface area contributed by atoms with Crippen molar-refractivity contribution in [2.45, 2.75) is 13.0 Å². The highest BCUT2D eigenvalue weighted by Crippen LogP contribution is 2.19. The van der Waals surface area contributed by atoms with Crippen molar-refractivity contribution in [2.24, 2.45) is 0 Å². The van der Waals surface area contributed by atoms with Crippen LogP contribution in [0.2, 0.25) is 0 Å². The van der Waals surface area contributed by atoms with Gasteiger partial charge >= 0.3 is 0 Å². The molecule has 0 aliphatic carbocycles. The monoisotopic (exact) mass is 366 g/mol. The lowest BCUT2D eigenvalue weighted by Crippen LogP contribution is -3.15. The van der Waals surface area contributed by atoms with Gasteiger partial charge in [0.15, 0.2) is 5.11 Å². The van der Waals surface area contributed by atoms with Crippen LogP contribution in [-0.2, 0) is 0 Å². The third-order valence-electron chi connectivity index (χ3n) is 4.91. The number of hydrogen-bond donors (Lipinski definition) is 2. The Hall–Kier alpha value is -2.17. The van der Waals surface area contributed by atoms with E-state index >= 15 is 0 Å². The van der Waals surface area contributed by atoms with E-state index in [0.717, 1.165) is 43.4 Å².